The molecule has 43 heavy (non-hydrogen) atoms. The highest BCUT2D eigenvalue weighted by molar-refractivity contribution is 9.10. The molecule has 0 saturated carbocycles. The van der Waals surface area contributed by atoms with Gasteiger partial charge in [-0.3, -0.25) is 14.9 Å². The van der Waals surface area contributed by atoms with Crippen molar-refractivity contribution in [1.82, 2.24) is 9.66 Å². The van der Waals surface area contributed by atoms with Crippen LogP contribution in [0.4, 0.5) is 5.69 Å². The van der Waals surface area contributed by atoms with Gasteiger partial charge in [0.05, 0.1) is 29.2 Å². The van der Waals surface area contributed by atoms with Crippen molar-refractivity contribution in [1.29, 1.82) is 0 Å². The van der Waals surface area contributed by atoms with E-state index in [0.717, 1.165) is 9.86 Å². The molecular weight excluding hydrogens is 684 g/mol. The summed E-state index contributed by atoms with van der Waals surface area (Å²) in [5.74, 6) is 1.38. The van der Waals surface area contributed by atoms with Crippen LogP contribution >= 0.6 is 31.9 Å². The third-order valence-corrected chi connectivity index (χ3v) is 7.51. The Bertz CT molecular complexity index is 2100. The van der Waals surface area contributed by atoms with E-state index < -0.39 is 4.92 Å². The summed E-state index contributed by atoms with van der Waals surface area (Å²) < 4.78 is 20.6. The molecule has 0 aliphatic heterocycles. The van der Waals surface area contributed by atoms with E-state index in [9.17, 15) is 14.9 Å². The highest BCUT2D eigenvalue weighted by Crippen LogP contribution is 2.35. The van der Waals surface area contributed by atoms with Gasteiger partial charge in [0, 0.05) is 32.0 Å². The number of non-ortho nitro benzene ring substituents is 1. The lowest BCUT2D eigenvalue weighted by molar-refractivity contribution is -0.384. The first-order valence-electron chi connectivity index (χ1n) is 12.8. The predicted octanol–water partition coefficient (Wildman–Crippen LogP) is 7.71. The Morgan fingerprint density at radius 2 is 1.81 bits per heavy atom. The van der Waals surface area contributed by atoms with Gasteiger partial charge in [-0.2, -0.15) is 9.78 Å². The summed E-state index contributed by atoms with van der Waals surface area (Å²) in [6, 6.07) is 24.0. The molecule has 12 heteroatoms. The van der Waals surface area contributed by atoms with E-state index in [4.69, 9.17) is 18.9 Å². The number of nitro benzene ring substituents is 1. The largest absolute Gasteiger partial charge is 0.493 e. The highest BCUT2D eigenvalue weighted by Gasteiger charge is 2.18. The first kappa shape index (κ1) is 28.3. The van der Waals surface area contributed by atoms with Gasteiger partial charge in [-0.05, 0) is 66.2 Å². The van der Waals surface area contributed by atoms with E-state index in [2.05, 4.69) is 37.0 Å². The molecule has 0 aliphatic rings. The molecule has 0 radical (unpaired) electrons. The van der Waals surface area contributed by atoms with Gasteiger partial charge < -0.3 is 13.9 Å². The molecule has 0 spiro atoms. The van der Waals surface area contributed by atoms with Crippen LogP contribution in [0.1, 0.15) is 11.1 Å². The van der Waals surface area contributed by atoms with Crippen LogP contribution in [0.25, 0.3) is 33.5 Å². The molecule has 0 amide bonds. The summed E-state index contributed by atoms with van der Waals surface area (Å²) in [7, 11) is 1.51. The number of fused-ring (bicyclic) bond motifs is 2. The Morgan fingerprint density at radius 3 is 2.58 bits per heavy atom. The number of nitrogens with zero attached hydrogens (tertiary/aromatic N) is 4. The maximum absolute atomic E-state index is 13.7. The number of halogens is 2. The van der Waals surface area contributed by atoms with E-state index in [-0.39, 0.29) is 23.7 Å². The fraction of sp³-hybridized carbons (Fsp3) is 0.0645. The predicted molar refractivity (Wildman–Crippen MR) is 170 cm³/mol. The number of hydrogen-bond acceptors (Lipinski definition) is 8. The fourth-order valence-electron chi connectivity index (χ4n) is 4.49. The van der Waals surface area contributed by atoms with Crippen LogP contribution in [-0.4, -0.2) is 27.9 Å². The standard InChI is InChI=1S/C31H20Br2N4O6/c1-41-27-15-22(33)13-20(29(27)42-17-18-6-9-23(10-7-18)37(39)40)16-34-36-30(35-25-5-3-2-4-24(25)31(36)38)28-14-19-12-21(32)8-11-26(19)43-28/h2-16H,17H2,1H3. The van der Waals surface area contributed by atoms with Gasteiger partial charge in [0.25, 0.3) is 11.2 Å². The lowest BCUT2D eigenvalue weighted by atomic mass is 10.2. The molecule has 214 valence electrons. The molecule has 0 N–H and O–H groups in total. The smallest absolute Gasteiger partial charge is 0.282 e. The van der Waals surface area contributed by atoms with Crippen LogP contribution in [0.2, 0.25) is 0 Å². The zero-order valence-electron chi connectivity index (χ0n) is 22.4. The van der Waals surface area contributed by atoms with Gasteiger partial charge >= 0.3 is 0 Å². The first-order valence-corrected chi connectivity index (χ1v) is 14.4. The molecular formula is C31H20Br2N4O6. The van der Waals surface area contributed by atoms with Gasteiger partial charge in [-0.1, -0.05) is 44.0 Å². The zero-order chi connectivity index (χ0) is 30.1. The normalized spacial score (nSPS) is 11.4. The second-order valence-corrected chi connectivity index (χ2v) is 11.2. The van der Waals surface area contributed by atoms with Crippen molar-refractivity contribution in [2.45, 2.75) is 6.61 Å². The monoisotopic (exact) mass is 702 g/mol. The van der Waals surface area contributed by atoms with Crippen molar-refractivity contribution in [2.24, 2.45) is 5.10 Å². The Labute approximate surface area is 260 Å². The fourth-order valence-corrected chi connectivity index (χ4v) is 5.33. The molecule has 0 atom stereocenters. The third kappa shape index (κ3) is 5.79. The summed E-state index contributed by atoms with van der Waals surface area (Å²) in [6.07, 6.45) is 1.49. The number of furan rings is 1. The van der Waals surface area contributed by atoms with E-state index in [0.29, 0.717) is 49.3 Å². The quantitative estimate of drug-likeness (QED) is 0.0904. The van der Waals surface area contributed by atoms with Crippen molar-refractivity contribution in [2.75, 3.05) is 7.11 Å². The number of ether oxygens (including phenoxy) is 2. The first-order chi connectivity index (χ1) is 20.8. The molecule has 0 aliphatic carbocycles. The highest BCUT2D eigenvalue weighted by atomic mass is 79.9. The average molecular weight is 704 g/mol. The van der Waals surface area contributed by atoms with Crippen LogP contribution in [0, 0.1) is 10.1 Å². The maximum Gasteiger partial charge on any atom is 0.282 e. The van der Waals surface area contributed by atoms with Crippen molar-refractivity contribution >= 4 is 65.6 Å². The molecule has 0 bridgehead atoms. The van der Waals surface area contributed by atoms with Gasteiger partial charge in [0.1, 0.15) is 12.2 Å². The van der Waals surface area contributed by atoms with Crippen molar-refractivity contribution in [3.8, 4) is 23.1 Å². The molecule has 2 heterocycles. The second kappa shape index (κ2) is 11.8. The number of nitro groups is 1. The Balaban J connectivity index is 1.44. The lowest BCUT2D eigenvalue weighted by Crippen LogP contribution is -2.20. The van der Waals surface area contributed by atoms with Crippen LogP contribution in [0.15, 0.2) is 108 Å². The summed E-state index contributed by atoms with van der Waals surface area (Å²) in [4.78, 5) is 29.0. The van der Waals surface area contributed by atoms with Crippen LogP contribution in [0.3, 0.4) is 0 Å². The Kier molecular flexibility index (Phi) is 7.78. The van der Waals surface area contributed by atoms with Gasteiger partial charge in [0.2, 0.25) is 5.82 Å². The molecule has 4 aromatic carbocycles. The molecule has 6 rings (SSSR count). The Hall–Kier alpha value is -4.81. The van der Waals surface area contributed by atoms with E-state index >= 15 is 0 Å². The molecule has 10 nitrogen and oxygen atoms in total. The van der Waals surface area contributed by atoms with E-state index in [1.54, 1.807) is 42.5 Å². The summed E-state index contributed by atoms with van der Waals surface area (Å²) in [5, 5.41) is 16.8. The average Bonchev–Trinajstić information content (AvgIpc) is 3.43. The van der Waals surface area contributed by atoms with Crippen LogP contribution in [-0.2, 0) is 6.61 Å². The van der Waals surface area contributed by atoms with Crippen molar-refractivity contribution in [3.63, 3.8) is 0 Å². The topological polar surface area (TPSA) is 122 Å². The van der Waals surface area contributed by atoms with Crippen LogP contribution < -0.4 is 15.0 Å². The minimum absolute atomic E-state index is 0.0138. The molecule has 6 aromatic rings. The minimum Gasteiger partial charge on any atom is -0.493 e. The lowest BCUT2D eigenvalue weighted by Gasteiger charge is -2.14. The van der Waals surface area contributed by atoms with E-state index in [1.807, 2.05) is 30.3 Å². The molecule has 0 fully saturated rings. The molecule has 0 unspecified atom stereocenters. The number of aromatic nitrogens is 2. The van der Waals surface area contributed by atoms with Crippen LogP contribution in [0.5, 0.6) is 11.5 Å². The second-order valence-electron chi connectivity index (χ2n) is 9.35. The maximum atomic E-state index is 13.7. The van der Waals surface area contributed by atoms with Crippen molar-refractivity contribution < 1.29 is 18.8 Å². The van der Waals surface area contributed by atoms with Gasteiger partial charge in [-0.25, -0.2) is 4.98 Å². The summed E-state index contributed by atoms with van der Waals surface area (Å²) in [6.45, 7) is 0.105. The Morgan fingerprint density at radius 1 is 1.02 bits per heavy atom. The third-order valence-electron chi connectivity index (χ3n) is 6.56. The van der Waals surface area contributed by atoms with E-state index in [1.165, 1.54) is 30.1 Å². The molecule has 0 saturated heterocycles. The number of hydrogen-bond donors (Lipinski definition) is 0. The SMILES string of the molecule is COc1cc(Br)cc(C=Nn2c(-c3cc4cc(Br)ccc4o3)nc3ccccc3c2=O)c1OCc1ccc([N+](=O)[O-])cc1. The molecule has 2 aromatic heterocycles. The zero-order valence-corrected chi connectivity index (χ0v) is 25.5. The minimum atomic E-state index is -0.459. The summed E-state index contributed by atoms with van der Waals surface area (Å²) in [5.41, 5.74) is 1.97. The summed E-state index contributed by atoms with van der Waals surface area (Å²) >= 11 is 6.97. The van der Waals surface area contributed by atoms with Crippen molar-refractivity contribution in [3.05, 3.63) is 125 Å². The number of rotatable bonds is 8. The van der Waals surface area contributed by atoms with Gasteiger partial charge in [-0.15, -0.1) is 0 Å². The number of methoxy groups -OCH3 is 1. The van der Waals surface area contributed by atoms with Gasteiger partial charge in [0.15, 0.2) is 17.3 Å². The number of para-hydroxylation sites is 1. The number of benzene rings is 4.